The lowest BCUT2D eigenvalue weighted by atomic mass is 9.83. The predicted molar refractivity (Wildman–Crippen MR) is 50.1 cm³/mol. The minimum atomic E-state index is -0.133. The van der Waals surface area contributed by atoms with Crippen LogP contribution in [0.2, 0.25) is 0 Å². The topological polar surface area (TPSA) is 52.0 Å². The molecule has 11 heavy (non-hydrogen) atoms. The average Bonchev–Trinajstić information content (AvgIpc) is 1.84. The largest absolute Gasteiger partial charge is 0.316 e. The fourth-order valence-corrected chi connectivity index (χ4v) is 1.36. The maximum atomic E-state index is 5.47. The lowest BCUT2D eigenvalue weighted by Gasteiger charge is -2.24. The van der Waals surface area contributed by atoms with Gasteiger partial charge >= 0.3 is 0 Å². The van der Waals surface area contributed by atoms with E-state index in [1.54, 1.807) is 0 Å². The van der Waals surface area contributed by atoms with Gasteiger partial charge in [-0.1, -0.05) is 27.2 Å². The summed E-state index contributed by atoms with van der Waals surface area (Å²) in [6.07, 6.45) is 4.45. The van der Waals surface area contributed by atoms with Crippen LogP contribution in [0, 0.1) is 5.41 Å². The van der Waals surface area contributed by atoms with Crippen molar-refractivity contribution in [3.63, 3.8) is 0 Å². The highest BCUT2D eigenvalue weighted by Gasteiger charge is 2.16. The maximum Gasteiger partial charge on any atom is 0.0521 e. The van der Waals surface area contributed by atoms with Crippen molar-refractivity contribution in [3.8, 4) is 0 Å². The molecule has 0 spiro atoms. The van der Waals surface area contributed by atoms with Crippen LogP contribution in [0.5, 0.6) is 0 Å². The van der Waals surface area contributed by atoms with Crippen LogP contribution in [0.25, 0.3) is 0 Å². The summed E-state index contributed by atoms with van der Waals surface area (Å²) in [6, 6.07) is 0. The SMILES string of the molecule is CCCC(C)(C)CCC(N)N. The molecule has 0 radical (unpaired) electrons. The van der Waals surface area contributed by atoms with Crippen LogP contribution in [-0.2, 0) is 0 Å². The molecule has 0 aliphatic heterocycles. The Kier molecular flexibility index (Phi) is 4.69. The van der Waals surface area contributed by atoms with Gasteiger partial charge in [0, 0.05) is 0 Å². The summed E-state index contributed by atoms with van der Waals surface area (Å²) in [5, 5.41) is 0. The Morgan fingerprint density at radius 2 is 1.73 bits per heavy atom. The van der Waals surface area contributed by atoms with E-state index in [9.17, 15) is 0 Å². The van der Waals surface area contributed by atoms with Gasteiger partial charge in [0.05, 0.1) is 6.17 Å². The fraction of sp³-hybridized carbons (Fsp3) is 1.00. The van der Waals surface area contributed by atoms with Gasteiger partial charge in [0.1, 0.15) is 0 Å². The molecule has 0 rings (SSSR count). The molecule has 0 aliphatic carbocycles. The molecule has 0 bridgehead atoms. The molecule has 0 saturated heterocycles. The van der Waals surface area contributed by atoms with E-state index in [-0.39, 0.29) is 6.17 Å². The lowest BCUT2D eigenvalue weighted by Crippen LogP contribution is -2.31. The number of hydrogen-bond donors (Lipinski definition) is 2. The Morgan fingerprint density at radius 1 is 1.18 bits per heavy atom. The second-order valence-electron chi connectivity index (χ2n) is 4.12. The van der Waals surface area contributed by atoms with Gasteiger partial charge in [0.2, 0.25) is 0 Å². The van der Waals surface area contributed by atoms with Gasteiger partial charge in [0.15, 0.2) is 0 Å². The molecule has 68 valence electrons. The van der Waals surface area contributed by atoms with Crippen LogP contribution >= 0.6 is 0 Å². The minimum Gasteiger partial charge on any atom is -0.316 e. The standard InChI is InChI=1S/C9H22N2/c1-4-6-9(2,3)7-5-8(10)11/h8H,4-7,10-11H2,1-3H3. The molecule has 4 N–H and O–H groups in total. The fourth-order valence-electron chi connectivity index (χ4n) is 1.36. The zero-order valence-corrected chi connectivity index (χ0v) is 8.06. The van der Waals surface area contributed by atoms with Gasteiger partial charge < -0.3 is 11.5 Å². The van der Waals surface area contributed by atoms with Gasteiger partial charge in [-0.15, -0.1) is 0 Å². The van der Waals surface area contributed by atoms with E-state index >= 15 is 0 Å². The zero-order valence-electron chi connectivity index (χ0n) is 8.06. The summed E-state index contributed by atoms with van der Waals surface area (Å²) < 4.78 is 0. The third kappa shape index (κ3) is 6.32. The van der Waals surface area contributed by atoms with Crippen molar-refractivity contribution in [1.29, 1.82) is 0 Å². The summed E-state index contributed by atoms with van der Waals surface area (Å²) in [7, 11) is 0. The van der Waals surface area contributed by atoms with Crippen molar-refractivity contribution >= 4 is 0 Å². The first-order chi connectivity index (χ1) is 4.98. The van der Waals surface area contributed by atoms with E-state index in [1.165, 1.54) is 12.8 Å². The first kappa shape index (κ1) is 10.9. The van der Waals surface area contributed by atoms with Crippen molar-refractivity contribution in [3.05, 3.63) is 0 Å². The third-order valence-corrected chi connectivity index (χ3v) is 2.08. The van der Waals surface area contributed by atoms with E-state index in [1.807, 2.05) is 0 Å². The van der Waals surface area contributed by atoms with E-state index in [0.717, 1.165) is 12.8 Å². The molecule has 0 unspecified atom stereocenters. The molecular weight excluding hydrogens is 136 g/mol. The van der Waals surface area contributed by atoms with Crippen LogP contribution in [0.3, 0.4) is 0 Å². The van der Waals surface area contributed by atoms with Crippen LogP contribution in [0.15, 0.2) is 0 Å². The number of nitrogens with two attached hydrogens (primary N) is 2. The van der Waals surface area contributed by atoms with Gasteiger partial charge in [-0.25, -0.2) is 0 Å². The molecule has 0 amide bonds. The molecule has 0 aromatic rings. The monoisotopic (exact) mass is 158 g/mol. The highest BCUT2D eigenvalue weighted by molar-refractivity contribution is 4.69. The van der Waals surface area contributed by atoms with Gasteiger partial charge in [-0.05, 0) is 24.7 Å². The van der Waals surface area contributed by atoms with Crippen molar-refractivity contribution in [2.24, 2.45) is 16.9 Å². The molecule has 0 saturated carbocycles. The Labute approximate surface area is 70.3 Å². The second kappa shape index (κ2) is 4.73. The van der Waals surface area contributed by atoms with Gasteiger partial charge in [-0.2, -0.15) is 0 Å². The van der Waals surface area contributed by atoms with Crippen LogP contribution in [0.1, 0.15) is 46.5 Å². The van der Waals surface area contributed by atoms with Crippen molar-refractivity contribution in [1.82, 2.24) is 0 Å². The summed E-state index contributed by atoms with van der Waals surface area (Å²) in [4.78, 5) is 0. The molecule has 0 aromatic heterocycles. The second-order valence-corrected chi connectivity index (χ2v) is 4.12. The van der Waals surface area contributed by atoms with E-state index in [4.69, 9.17) is 11.5 Å². The van der Waals surface area contributed by atoms with E-state index < -0.39 is 0 Å². The first-order valence-corrected chi connectivity index (χ1v) is 4.49. The quantitative estimate of drug-likeness (QED) is 0.600. The molecular formula is C9H22N2. The Bertz CT molecular complexity index is 97.7. The first-order valence-electron chi connectivity index (χ1n) is 4.49. The maximum absolute atomic E-state index is 5.47. The van der Waals surface area contributed by atoms with Crippen LogP contribution in [-0.4, -0.2) is 6.17 Å². The molecule has 0 fully saturated rings. The zero-order chi connectivity index (χ0) is 8.91. The van der Waals surface area contributed by atoms with Crippen molar-refractivity contribution in [2.45, 2.75) is 52.6 Å². The number of hydrogen-bond acceptors (Lipinski definition) is 2. The normalized spacial score (nSPS) is 12.5. The average molecular weight is 158 g/mol. The molecule has 2 heteroatoms. The van der Waals surface area contributed by atoms with Gasteiger partial charge in [0.25, 0.3) is 0 Å². The van der Waals surface area contributed by atoms with Crippen LogP contribution < -0.4 is 11.5 Å². The summed E-state index contributed by atoms with van der Waals surface area (Å²) in [5.41, 5.74) is 11.4. The summed E-state index contributed by atoms with van der Waals surface area (Å²) in [6.45, 7) is 6.77. The molecule has 0 heterocycles. The van der Waals surface area contributed by atoms with Gasteiger partial charge in [-0.3, -0.25) is 0 Å². The van der Waals surface area contributed by atoms with E-state index in [2.05, 4.69) is 20.8 Å². The smallest absolute Gasteiger partial charge is 0.0521 e. The Morgan fingerprint density at radius 3 is 2.09 bits per heavy atom. The highest BCUT2D eigenvalue weighted by atomic mass is 14.8. The molecule has 0 aromatic carbocycles. The molecule has 0 aliphatic rings. The lowest BCUT2D eigenvalue weighted by molar-refractivity contribution is 0.286. The molecule has 0 atom stereocenters. The highest BCUT2D eigenvalue weighted by Crippen LogP contribution is 2.27. The van der Waals surface area contributed by atoms with Crippen molar-refractivity contribution < 1.29 is 0 Å². The summed E-state index contributed by atoms with van der Waals surface area (Å²) in [5.74, 6) is 0. The van der Waals surface area contributed by atoms with E-state index in [0.29, 0.717) is 5.41 Å². The number of rotatable bonds is 5. The van der Waals surface area contributed by atoms with Crippen molar-refractivity contribution in [2.75, 3.05) is 0 Å². The summed E-state index contributed by atoms with van der Waals surface area (Å²) >= 11 is 0. The molecule has 2 nitrogen and oxygen atoms in total. The Hall–Kier alpha value is -0.0800. The predicted octanol–water partition coefficient (Wildman–Crippen LogP) is 1.84. The Balaban J connectivity index is 3.54. The third-order valence-electron chi connectivity index (χ3n) is 2.08. The minimum absolute atomic E-state index is 0.133. The van der Waals surface area contributed by atoms with Crippen LogP contribution in [0.4, 0.5) is 0 Å².